The van der Waals surface area contributed by atoms with E-state index in [9.17, 15) is 10.1 Å². The molecule has 0 aliphatic heterocycles. The van der Waals surface area contributed by atoms with Gasteiger partial charge < -0.3 is 0 Å². The number of nitrogens with zero attached hydrogens (tertiary/aromatic N) is 4. The van der Waals surface area contributed by atoms with E-state index >= 15 is 0 Å². The molecule has 3 aromatic rings. The maximum absolute atomic E-state index is 10.6. The topological polar surface area (TPSA) is 97.1 Å². The van der Waals surface area contributed by atoms with E-state index in [1.807, 2.05) is 12.1 Å². The highest BCUT2D eigenvalue weighted by molar-refractivity contribution is 5.90. The average Bonchev–Trinajstić information content (AvgIpc) is 2.89. The number of non-ortho nitro benzene ring substituents is 1. The molecular weight excluding hydrogens is 258 g/mol. The van der Waals surface area contributed by atoms with Gasteiger partial charge in [0.25, 0.3) is 5.69 Å². The van der Waals surface area contributed by atoms with Crippen LogP contribution in [0.5, 0.6) is 0 Å². The molecule has 98 valence electrons. The van der Waals surface area contributed by atoms with Crippen LogP contribution in [0.15, 0.2) is 47.6 Å². The Morgan fingerprint density at radius 2 is 2.05 bits per heavy atom. The fraction of sp³-hybridized carbons (Fsp3) is 0. The van der Waals surface area contributed by atoms with Gasteiger partial charge in [-0.05, 0) is 29.8 Å². The molecule has 0 unspecified atom stereocenters. The number of hydrogen-bond donors (Lipinski definition) is 1. The van der Waals surface area contributed by atoms with Crippen LogP contribution in [0.2, 0.25) is 0 Å². The second-order valence-corrected chi connectivity index (χ2v) is 4.05. The predicted octanol–water partition coefficient (Wildman–Crippen LogP) is 2.62. The number of H-pyrrole nitrogens is 1. The summed E-state index contributed by atoms with van der Waals surface area (Å²) in [6.07, 6.45) is 3.27. The molecule has 0 radical (unpaired) electrons. The largest absolute Gasteiger partial charge is 0.269 e. The zero-order valence-corrected chi connectivity index (χ0v) is 10.2. The molecule has 3 rings (SSSR count). The molecule has 2 aromatic heterocycles. The van der Waals surface area contributed by atoms with Crippen molar-refractivity contribution in [2.45, 2.75) is 0 Å². The van der Waals surface area contributed by atoms with Crippen LogP contribution in [0.1, 0.15) is 5.56 Å². The predicted molar refractivity (Wildman–Crippen MR) is 74.2 cm³/mol. The van der Waals surface area contributed by atoms with Crippen molar-refractivity contribution < 1.29 is 4.92 Å². The van der Waals surface area contributed by atoms with Crippen molar-refractivity contribution in [3.8, 4) is 0 Å². The van der Waals surface area contributed by atoms with Gasteiger partial charge in [-0.25, -0.2) is 9.98 Å². The van der Waals surface area contributed by atoms with Gasteiger partial charge in [-0.3, -0.25) is 15.2 Å². The van der Waals surface area contributed by atoms with E-state index in [2.05, 4.69) is 20.2 Å². The van der Waals surface area contributed by atoms with Crippen LogP contribution in [0, 0.1) is 10.1 Å². The first-order valence-corrected chi connectivity index (χ1v) is 5.81. The summed E-state index contributed by atoms with van der Waals surface area (Å²) < 4.78 is 0. The number of fused-ring (bicyclic) bond motifs is 1. The fourth-order valence-electron chi connectivity index (χ4n) is 1.76. The third-order valence-electron chi connectivity index (χ3n) is 2.76. The molecule has 20 heavy (non-hydrogen) atoms. The summed E-state index contributed by atoms with van der Waals surface area (Å²) in [4.78, 5) is 18.5. The maximum atomic E-state index is 10.6. The van der Waals surface area contributed by atoms with Crippen molar-refractivity contribution in [1.82, 2.24) is 15.2 Å². The summed E-state index contributed by atoms with van der Waals surface area (Å²) in [5.41, 5.74) is 1.48. The van der Waals surface area contributed by atoms with E-state index in [0.717, 1.165) is 10.9 Å². The highest BCUT2D eigenvalue weighted by Crippen LogP contribution is 2.20. The lowest BCUT2D eigenvalue weighted by molar-refractivity contribution is -0.384. The zero-order valence-electron chi connectivity index (χ0n) is 10.2. The minimum absolute atomic E-state index is 0.0524. The molecule has 7 heteroatoms. The normalized spacial score (nSPS) is 11.2. The SMILES string of the molecule is O=[N+]([O-])c1ccc(C=Nc2n[nH]c3ncccc23)cc1. The molecule has 0 saturated heterocycles. The monoisotopic (exact) mass is 267 g/mol. The van der Waals surface area contributed by atoms with E-state index in [4.69, 9.17) is 0 Å². The first-order chi connectivity index (χ1) is 9.74. The number of aliphatic imine (C=N–C) groups is 1. The Morgan fingerprint density at radius 3 is 2.80 bits per heavy atom. The third kappa shape index (κ3) is 2.24. The van der Waals surface area contributed by atoms with E-state index in [0.29, 0.717) is 11.5 Å². The number of hydrogen-bond acceptors (Lipinski definition) is 5. The summed E-state index contributed by atoms with van der Waals surface area (Å²) in [5, 5.41) is 18.2. The average molecular weight is 267 g/mol. The molecule has 1 N–H and O–H groups in total. The Bertz CT molecular complexity index is 792. The second kappa shape index (κ2) is 4.88. The Labute approximate surface area is 113 Å². The van der Waals surface area contributed by atoms with Crippen molar-refractivity contribution in [2.75, 3.05) is 0 Å². The molecule has 0 aliphatic carbocycles. The molecule has 7 nitrogen and oxygen atoms in total. The van der Waals surface area contributed by atoms with Crippen molar-refractivity contribution in [3.05, 3.63) is 58.3 Å². The van der Waals surface area contributed by atoms with Gasteiger partial charge in [0, 0.05) is 24.5 Å². The van der Waals surface area contributed by atoms with Gasteiger partial charge in [0.2, 0.25) is 0 Å². The summed E-state index contributed by atoms with van der Waals surface area (Å²) >= 11 is 0. The van der Waals surface area contributed by atoms with Gasteiger partial charge in [0.15, 0.2) is 11.5 Å². The number of nitro groups is 1. The highest BCUT2D eigenvalue weighted by Gasteiger charge is 2.04. The Morgan fingerprint density at radius 1 is 1.25 bits per heavy atom. The minimum atomic E-state index is -0.437. The number of aromatic amines is 1. The molecule has 1 aromatic carbocycles. The molecular formula is C13H9N5O2. The molecule has 0 bridgehead atoms. The molecule has 2 heterocycles. The summed E-state index contributed by atoms with van der Waals surface area (Å²) in [7, 11) is 0. The second-order valence-electron chi connectivity index (χ2n) is 4.05. The molecule has 0 atom stereocenters. The fourth-order valence-corrected chi connectivity index (χ4v) is 1.76. The van der Waals surface area contributed by atoms with Crippen molar-refractivity contribution >= 4 is 28.8 Å². The third-order valence-corrected chi connectivity index (χ3v) is 2.76. The van der Waals surface area contributed by atoms with E-state index < -0.39 is 4.92 Å². The Balaban J connectivity index is 1.88. The van der Waals surface area contributed by atoms with Gasteiger partial charge in [0.05, 0.1) is 10.3 Å². The van der Waals surface area contributed by atoms with Gasteiger partial charge in [0.1, 0.15) is 0 Å². The summed E-state index contributed by atoms with van der Waals surface area (Å²) in [6.45, 7) is 0. The molecule has 0 fully saturated rings. The number of benzene rings is 1. The van der Waals surface area contributed by atoms with Crippen molar-refractivity contribution in [1.29, 1.82) is 0 Å². The smallest absolute Gasteiger partial charge is 0.259 e. The molecule has 0 aliphatic rings. The number of pyridine rings is 1. The molecule has 0 saturated carbocycles. The number of aromatic nitrogens is 3. The first kappa shape index (κ1) is 12.0. The number of nitro benzene ring substituents is 1. The summed E-state index contributed by atoms with van der Waals surface area (Å²) in [5.74, 6) is 0.534. The van der Waals surface area contributed by atoms with Crippen LogP contribution < -0.4 is 0 Å². The first-order valence-electron chi connectivity index (χ1n) is 5.81. The van der Waals surface area contributed by atoms with Gasteiger partial charge in [-0.15, -0.1) is 0 Å². The molecule has 0 spiro atoms. The van der Waals surface area contributed by atoms with Crippen LogP contribution in [0.25, 0.3) is 11.0 Å². The maximum Gasteiger partial charge on any atom is 0.269 e. The van der Waals surface area contributed by atoms with Gasteiger partial charge in [-0.1, -0.05) is 0 Å². The van der Waals surface area contributed by atoms with E-state index in [-0.39, 0.29) is 5.69 Å². The van der Waals surface area contributed by atoms with E-state index in [1.165, 1.54) is 12.1 Å². The minimum Gasteiger partial charge on any atom is -0.259 e. The Hall–Kier alpha value is -3.09. The lowest BCUT2D eigenvalue weighted by Gasteiger charge is -1.93. The van der Waals surface area contributed by atoms with E-state index in [1.54, 1.807) is 24.5 Å². The van der Waals surface area contributed by atoms with Crippen LogP contribution >= 0.6 is 0 Å². The Kier molecular flexibility index (Phi) is 2.92. The highest BCUT2D eigenvalue weighted by atomic mass is 16.6. The quantitative estimate of drug-likeness (QED) is 0.448. The zero-order chi connectivity index (χ0) is 13.9. The standard InChI is InChI=1S/C13H9N5O2/c19-18(20)10-5-3-9(4-6-10)8-15-13-11-2-1-7-14-12(11)16-17-13/h1-8H,(H,14,16,17). The lowest BCUT2D eigenvalue weighted by atomic mass is 10.2. The van der Waals surface area contributed by atoms with Crippen molar-refractivity contribution in [3.63, 3.8) is 0 Å². The van der Waals surface area contributed by atoms with Gasteiger partial charge in [-0.2, -0.15) is 5.10 Å². The van der Waals surface area contributed by atoms with Crippen LogP contribution in [0.4, 0.5) is 11.5 Å². The molecule has 0 amide bonds. The number of nitrogens with one attached hydrogen (secondary N) is 1. The van der Waals surface area contributed by atoms with Crippen molar-refractivity contribution in [2.24, 2.45) is 4.99 Å². The van der Waals surface area contributed by atoms with Crippen LogP contribution in [0.3, 0.4) is 0 Å². The lowest BCUT2D eigenvalue weighted by Crippen LogP contribution is -1.88. The summed E-state index contributed by atoms with van der Waals surface area (Å²) in [6, 6.07) is 9.82. The van der Waals surface area contributed by atoms with Crippen LogP contribution in [-0.4, -0.2) is 26.3 Å². The van der Waals surface area contributed by atoms with Gasteiger partial charge >= 0.3 is 0 Å². The number of rotatable bonds is 3. The van der Waals surface area contributed by atoms with Crippen LogP contribution in [-0.2, 0) is 0 Å².